The van der Waals surface area contributed by atoms with Gasteiger partial charge in [-0.05, 0) is 38.1 Å². The molecule has 2 aromatic carbocycles. The molecule has 1 aliphatic rings. The molecule has 0 saturated carbocycles. The largest absolute Gasteiger partial charge is 0.371 e. The third-order valence-corrected chi connectivity index (χ3v) is 5.50. The Balaban J connectivity index is 1.70. The van der Waals surface area contributed by atoms with E-state index in [2.05, 4.69) is 10.6 Å². The molecule has 1 fully saturated rings. The smallest absolute Gasteiger partial charge is 0.254 e. The van der Waals surface area contributed by atoms with Gasteiger partial charge in [-0.15, -0.1) is 0 Å². The van der Waals surface area contributed by atoms with Gasteiger partial charge in [-0.2, -0.15) is 0 Å². The molecule has 0 spiro atoms. The Morgan fingerprint density at radius 3 is 2.22 bits per heavy atom. The predicted molar refractivity (Wildman–Crippen MR) is 122 cm³/mol. The van der Waals surface area contributed by atoms with Gasteiger partial charge < -0.3 is 24.8 Å². The Morgan fingerprint density at radius 1 is 0.906 bits per heavy atom. The fourth-order valence-electron chi connectivity index (χ4n) is 3.31. The molecule has 0 radical (unpaired) electrons. The van der Waals surface area contributed by atoms with Crippen LogP contribution in [0.4, 0.5) is 0 Å². The molecule has 0 aromatic heterocycles. The molecule has 1 saturated heterocycles. The maximum Gasteiger partial charge on any atom is 0.254 e. The van der Waals surface area contributed by atoms with E-state index in [0.717, 1.165) is 0 Å². The van der Waals surface area contributed by atoms with Gasteiger partial charge in [0.05, 0.1) is 28.8 Å². The van der Waals surface area contributed by atoms with E-state index in [1.165, 1.54) is 0 Å². The summed E-state index contributed by atoms with van der Waals surface area (Å²) >= 11 is 12.3. The van der Waals surface area contributed by atoms with E-state index in [1.54, 1.807) is 56.3 Å². The minimum atomic E-state index is -0.889. The molecule has 32 heavy (non-hydrogen) atoms. The fourth-order valence-corrected chi connectivity index (χ4v) is 3.88. The summed E-state index contributed by atoms with van der Waals surface area (Å²) in [5, 5.41) is 6.19. The lowest BCUT2D eigenvalue weighted by molar-refractivity contribution is -0.277. The van der Waals surface area contributed by atoms with Crippen LogP contribution < -0.4 is 10.6 Å². The van der Waals surface area contributed by atoms with Gasteiger partial charge >= 0.3 is 0 Å². The quantitative estimate of drug-likeness (QED) is 0.658. The molecule has 2 amide bonds. The SMILES string of the molecule is CC1(C)OCCO[C@H](CNC(=O)c2c(Cl)cccc2Cl)[C@H](CNC(=O)c2ccccc2)O1. The average Bonchev–Trinajstić information content (AvgIpc) is 2.75. The highest BCUT2D eigenvalue weighted by atomic mass is 35.5. The number of hydrogen-bond acceptors (Lipinski definition) is 5. The molecule has 0 aliphatic carbocycles. The van der Waals surface area contributed by atoms with Crippen molar-refractivity contribution in [2.24, 2.45) is 0 Å². The molecule has 2 N–H and O–H groups in total. The van der Waals surface area contributed by atoms with Gasteiger partial charge in [-0.3, -0.25) is 9.59 Å². The Kier molecular flexibility index (Phi) is 8.51. The maximum atomic E-state index is 12.7. The summed E-state index contributed by atoms with van der Waals surface area (Å²) < 4.78 is 17.7. The van der Waals surface area contributed by atoms with Crippen molar-refractivity contribution >= 4 is 35.0 Å². The van der Waals surface area contributed by atoms with Crippen molar-refractivity contribution in [1.29, 1.82) is 0 Å². The second-order valence-corrected chi connectivity index (χ2v) is 8.51. The van der Waals surface area contributed by atoms with Crippen molar-refractivity contribution < 1.29 is 23.8 Å². The molecule has 1 heterocycles. The summed E-state index contributed by atoms with van der Waals surface area (Å²) in [6.07, 6.45) is -1.13. The second-order valence-electron chi connectivity index (χ2n) is 7.70. The molecule has 2 atom stereocenters. The molecule has 7 nitrogen and oxygen atoms in total. The van der Waals surface area contributed by atoms with E-state index in [1.807, 2.05) is 6.07 Å². The highest BCUT2D eigenvalue weighted by Gasteiger charge is 2.34. The molecule has 1 aliphatic heterocycles. The van der Waals surface area contributed by atoms with Crippen LogP contribution in [-0.2, 0) is 14.2 Å². The molecular weight excluding hydrogens is 455 g/mol. The van der Waals surface area contributed by atoms with Crippen LogP contribution >= 0.6 is 23.2 Å². The number of benzene rings is 2. The van der Waals surface area contributed by atoms with E-state index < -0.39 is 23.9 Å². The van der Waals surface area contributed by atoms with Gasteiger partial charge in [0.2, 0.25) is 0 Å². The van der Waals surface area contributed by atoms with Gasteiger partial charge in [0.1, 0.15) is 12.2 Å². The van der Waals surface area contributed by atoms with Crippen molar-refractivity contribution in [2.75, 3.05) is 26.3 Å². The zero-order valence-corrected chi connectivity index (χ0v) is 19.4. The first-order chi connectivity index (χ1) is 15.3. The normalized spacial score (nSPS) is 20.6. The molecular formula is C23H26Cl2N2O5. The van der Waals surface area contributed by atoms with E-state index in [4.69, 9.17) is 37.4 Å². The van der Waals surface area contributed by atoms with Crippen molar-refractivity contribution in [3.05, 3.63) is 69.7 Å². The van der Waals surface area contributed by atoms with Crippen LogP contribution in [0.25, 0.3) is 0 Å². The minimum absolute atomic E-state index is 0.127. The van der Waals surface area contributed by atoms with Crippen LogP contribution in [0.5, 0.6) is 0 Å². The van der Waals surface area contributed by atoms with Crippen LogP contribution in [-0.4, -0.2) is 56.1 Å². The number of carbonyl (C=O) groups is 2. The number of ether oxygens (including phenoxy) is 3. The monoisotopic (exact) mass is 480 g/mol. The van der Waals surface area contributed by atoms with Crippen LogP contribution in [0.2, 0.25) is 10.0 Å². The molecule has 0 unspecified atom stereocenters. The van der Waals surface area contributed by atoms with Gasteiger partial charge in [-0.1, -0.05) is 47.5 Å². The molecule has 2 aromatic rings. The Labute approximate surface area is 197 Å². The van der Waals surface area contributed by atoms with Crippen LogP contribution in [0.3, 0.4) is 0 Å². The first-order valence-corrected chi connectivity index (χ1v) is 11.0. The second kappa shape index (κ2) is 11.1. The highest BCUT2D eigenvalue weighted by Crippen LogP contribution is 2.24. The zero-order valence-electron chi connectivity index (χ0n) is 17.9. The zero-order chi connectivity index (χ0) is 23.1. The van der Waals surface area contributed by atoms with Crippen molar-refractivity contribution in [1.82, 2.24) is 10.6 Å². The van der Waals surface area contributed by atoms with E-state index in [0.29, 0.717) is 18.8 Å². The van der Waals surface area contributed by atoms with Crippen LogP contribution in [0, 0.1) is 0 Å². The lowest BCUT2D eigenvalue weighted by Crippen LogP contribution is -2.52. The summed E-state index contributed by atoms with van der Waals surface area (Å²) in [6.45, 7) is 4.52. The summed E-state index contributed by atoms with van der Waals surface area (Å²) in [4.78, 5) is 25.2. The van der Waals surface area contributed by atoms with Gasteiger partial charge in [0.25, 0.3) is 11.8 Å². The van der Waals surface area contributed by atoms with Crippen LogP contribution in [0.15, 0.2) is 48.5 Å². The predicted octanol–water partition coefficient (Wildman–Crippen LogP) is 3.69. The van der Waals surface area contributed by atoms with Gasteiger partial charge in [0, 0.05) is 18.7 Å². The Bertz CT molecular complexity index is 919. The number of nitrogens with one attached hydrogen (secondary N) is 2. The lowest BCUT2D eigenvalue weighted by atomic mass is 10.1. The number of hydrogen-bond donors (Lipinski definition) is 2. The van der Waals surface area contributed by atoms with Gasteiger partial charge in [0.15, 0.2) is 5.79 Å². The number of carbonyl (C=O) groups excluding carboxylic acids is 2. The summed E-state index contributed by atoms with van der Waals surface area (Å²) in [6, 6.07) is 13.7. The van der Waals surface area contributed by atoms with Crippen molar-refractivity contribution in [3.8, 4) is 0 Å². The standard InChI is InChI=1S/C23H26Cl2N2O5/c1-23(2)31-12-11-30-18(13-27-22(29)20-16(24)9-6-10-17(20)25)19(32-23)14-26-21(28)15-7-4-3-5-8-15/h3-10,18-19H,11-14H2,1-2H3,(H,26,28)(H,27,29)/t18-,19+/m1/s1. The topological polar surface area (TPSA) is 85.9 Å². The molecule has 9 heteroatoms. The molecule has 3 rings (SSSR count). The number of halogens is 2. The van der Waals surface area contributed by atoms with Crippen LogP contribution in [0.1, 0.15) is 34.6 Å². The van der Waals surface area contributed by atoms with E-state index in [-0.39, 0.29) is 34.6 Å². The average molecular weight is 481 g/mol. The maximum absolute atomic E-state index is 12.7. The summed E-state index contributed by atoms with van der Waals surface area (Å²) in [7, 11) is 0. The molecule has 172 valence electrons. The Hall–Kier alpha value is -2.16. The van der Waals surface area contributed by atoms with E-state index >= 15 is 0 Å². The minimum Gasteiger partial charge on any atom is -0.371 e. The third-order valence-electron chi connectivity index (χ3n) is 4.87. The summed E-state index contributed by atoms with van der Waals surface area (Å²) in [5.41, 5.74) is 0.730. The van der Waals surface area contributed by atoms with Crippen molar-refractivity contribution in [2.45, 2.75) is 31.8 Å². The lowest BCUT2D eigenvalue weighted by Gasteiger charge is -2.37. The first kappa shape index (κ1) is 24.5. The summed E-state index contributed by atoms with van der Waals surface area (Å²) in [5.74, 6) is -1.55. The third kappa shape index (κ3) is 6.67. The van der Waals surface area contributed by atoms with Crippen molar-refractivity contribution in [3.63, 3.8) is 0 Å². The highest BCUT2D eigenvalue weighted by molar-refractivity contribution is 6.39. The van der Waals surface area contributed by atoms with E-state index in [9.17, 15) is 9.59 Å². The number of rotatable bonds is 6. The number of amides is 2. The molecule has 0 bridgehead atoms. The Morgan fingerprint density at radius 2 is 1.53 bits per heavy atom. The fraction of sp³-hybridized carbons (Fsp3) is 0.391. The first-order valence-electron chi connectivity index (χ1n) is 10.3. The van der Waals surface area contributed by atoms with Gasteiger partial charge in [-0.25, -0.2) is 0 Å².